The van der Waals surface area contributed by atoms with Crippen LogP contribution in [-0.2, 0) is 0 Å². The Hall–Kier alpha value is 0.350. The number of rotatable bonds is 5. The molecule has 0 rings (SSSR count). The second kappa shape index (κ2) is 6.47. The van der Waals surface area contributed by atoms with Gasteiger partial charge < -0.3 is 0 Å². The number of hydrogen-bond donors (Lipinski definition) is 0. The van der Waals surface area contributed by atoms with Gasteiger partial charge in [0.05, 0.1) is 0 Å². The van der Waals surface area contributed by atoms with Crippen LogP contribution in [0, 0.1) is 6.42 Å². The smallest absolute Gasteiger partial charge is 0.00160 e. The topological polar surface area (TPSA) is 0 Å². The average Bonchev–Trinajstić information content (AvgIpc) is 1.89. The third kappa shape index (κ3) is 6.23. The maximum Gasteiger partial charge on any atom is 0.00160 e. The molecule has 0 bridgehead atoms. The van der Waals surface area contributed by atoms with Crippen molar-refractivity contribution in [2.75, 3.05) is 5.75 Å². The number of hydrogen-bond acceptors (Lipinski definition) is 1. The quantitative estimate of drug-likeness (QED) is 0.536. The number of thioether (sulfide) groups is 1. The molecule has 0 aromatic rings. The molecule has 0 spiro atoms. The summed E-state index contributed by atoms with van der Waals surface area (Å²) in [5.41, 5.74) is 0. The van der Waals surface area contributed by atoms with Gasteiger partial charge in [-0.05, 0) is 25.0 Å². The summed E-state index contributed by atoms with van der Waals surface area (Å²) in [4.78, 5) is 0. The van der Waals surface area contributed by atoms with Crippen LogP contribution in [0.5, 0.6) is 0 Å². The summed E-state index contributed by atoms with van der Waals surface area (Å²) in [5.74, 6) is 1.30. The molecule has 0 aliphatic rings. The largest absolute Gasteiger partial charge is 0.159 e. The second-order valence-electron chi connectivity index (χ2n) is 2.29. The van der Waals surface area contributed by atoms with Crippen LogP contribution in [0.3, 0.4) is 0 Å². The van der Waals surface area contributed by atoms with Gasteiger partial charge in [-0.15, -0.1) is 0 Å². The van der Waals surface area contributed by atoms with Crippen LogP contribution in [-0.4, -0.2) is 11.0 Å². The van der Waals surface area contributed by atoms with Crippen LogP contribution in [0.4, 0.5) is 0 Å². The van der Waals surface area contributed by atoms with E-state index < -0.39 is 0 Å². The molecule has 0 amide bonds. The van der Waals surface area contributed by atoms with Gasteiger partial charge in [-0.1, -0.05) is 20.8 Å². The van der Waals surface area contributed by atoms with E-state index >= 15 is 0 Å². The van der Waals surface area contributed by atoms with Crippen LogP contribution in [0.25, 0.3) is 0 Å². The van der Waals surface area contributed by atoms with E-state index in [9.17, 15) is 0 Å². The predicted octanol–water partition coefficient (Wildman–Crippen LogP) is 3.13. The molecule has 0 heterocycles. The molecule has 0 saturated heterocycles. The predicted molar refractivity (Wildman–Crippen MR) is 46.8 cm³/mol. The normalized spacial score (nSPS) is 13.7. The van der Waals surface area contributed by atoms with Crippen LogP contribution >= 0.6 is 11.8 Å². The molecule has 9 heavy (non-hydrogen) atoms. The Morgan fingerprint density at radius 1 is 1.56 bits per heavy atom. The highest BCUT2D eigenvalue weighted by atomic mass is 32.2. The molecular formula is C8H17S. The highest BCUT2D eigenvalue weighted by Crippen LogP contribution is 2.14. The first-order valence-corrected chi connectivity index (χ1v) is 4.75. The van der Waals surface area contributed by atoms with E-state index in [0.29, 0.717) is 0 Å². The van der Waals surface area contributed by atoms with Gasteiger partial charge >= 0.3 is 0 Å². The molecule has 0 nitrogen and oxygen atoms in total. The van der Waals surface area contributed by atoms with E-state index in [4.69, 9.17) is 0 Å². The van der Waals surface area contributed by atoms with Crippen molar-refractivity contribution in [3.05, 3.63) is 6.42 Å². The summed E-state index contributed by atoms with van der Waals surface area (Å²) >= 11 is 2.07. The molecule has 0 aliphatic heterocycles. The molecule has 1 unspecified atom stereocenters. The van der Waals surface area contributed by atoms with E-state index in [1.807, 2.05) is 0 Å². The molecule has 0 aliphatic carbocycles. The Morgan fingerprint density at radius 3 is 2.67 bits per heavy atom. The first-order chi connectivity index (χ1) is 4.31. The zero-order chi connectivity index (χ0) is 7.11. The van der Waals surface area contributed by atoms with Crippen LogP contribution in [0.1, 0.15) is 33.6 Å². The molecule has 55 valence electrons. The molecule has 0 fully saturated rings. The van der Waals surface area contributed by atoms with Gasteiger partial charge in [-0.25, -0.2) is 0 Å². The summed E-state index contributed by atoms with van der Waals surface area (Å²) in [5, 5.41) is 0.852. The molecule has 1 radical (unpaired) electrons. The summed E-state index contributed by atoms with van der Waals surface area (Å²) < 4.78 is 0. The molecule has 0 aromatic carbocycles. The van der Waals surface area contributed by atoms with Gasteiger partial charge in [0.15, 0.2) is 0 Å². The lowest BCUT2D eigenvalue weighted by Crippen LogP contribution is -1.93. The zero-order valence-corrected chi connectivity index (χ0v) is 7.50. The Bertz CT molecular complexity index is 52.5. The summed E-state index contributed by atoms with van der Waals surface area (Å²) in [6.45, 7) is 6.66. The van der Waals surface area contributed by atoms with E-state index in [-0.39, 0.29) is 0 Å². The number of unbranched alkanes of at least 4 members (excludes halogenated alkanes) is 1. The van der Waals surface area contributed by atoms with Crippen LogP contribution in [0.15, 0.2) is 0 Å². The first-order valence-electron chi connectivity index (χ1n) is 3.70. The fourth-order valence-electron chi connectivity index (χ4n) is 0.505. The molecule has 1 heteroatoms. The summed E-state index contributed by atoms with van der Waals surface area (Å²) in [6.07, 6.45) is 4.79. The van der Waals surface area contributed by atoms with Gasteiger partial charge in [0.2, 0.25) is 0 Å². The Kier molecular flexibility index (Phi) is 6.72. The van der Waals surface area contributed by atoms with Crippen molar-refractivity contribution >= 4 is 11.8 Å². The minimum absolute atomic E-state index is 0.852. The fraction of sp³-hybridized carbons (Fsp3) is 0.875. The molecule has 0 aromatic heterocycles. The van der Waals surface area contributed by atoms with Crippen molar-refractivity contribution in [2.45, 2.75) is 38.9 Å². The average molecular weight is 145 g/mol. The zero-order valence-electron chi connectivity index (χ0n) is 6.68. The Morgan fingerprint density at radius 2 is 2.22 bits per heavy atom. The van der Waals surface area contributed by atoms with Crippen LogP contribution < -0.4 is 0 Å². The van der Waals surface area contributed by atoms with Crippen molar-refractivity contribution in [1.29, 1.82) is 0 Å². The minimum Gasteiger partial charge on any atom is -0.159 e. The van der Waals surface area contributed by atoms with Gasteiger partial charge in [0.1, 0.15) is 0 Å². The van der Waals surface area contributed by atoms with Gasteiger partial charge in [-0.3, -0.25) is 0 Å². The van der Waals surface area contributed by atoms with Crippen molar-refractivity contribution < 1.29 is 0 Å². The first kappa shape index (κ1) is 9.35. The van der Waals surface area contributed by atoms with E-state index in [0.717, 1.165) is 5.25 Å². The fourth-order valence-corrected chi connectivity index (χ4v) is 1.51. The minimum atomic E-state index is 0.852. The second-order valence-corrected chi connectivity index (χ2v) is 3.83. The van der Waals surface area contributed by atoms with Crippen molar-refractivity contribution in [1.82, 2.24) is 0 Å². The third-order valence-corrected chi connectivity index (χ3v) is 2.76. The SMILES string of the molecule is C[CH]CCSC(C)CC. The lowest BCUT2D eigenvalue weighted by Gasteiger charge is -2.05. The Balaban J connectivity index is 2.88. The highest BCUT2D eigenvalue weighted by molar-refractivity contribution is 7.99. The molecule has 1 atom stereocenters. The third-order valence-electron chi connectivity index (χ3n) is 1.38. The lowest BCUT2D eigenvalue weighted by molar-refractivity contribution is 0.903. The maximum absolute atomic E-state index is 2.29. The van der Waals surface area contributed by atoms with Crippen molar-refractivity contribution in [3.63, 3.8) is 0 Å². The molecular weight excluding hydrogens is 128 g/mol. The summed E-state index contributed by atoms with van der Waals surface area (Å²) in [7, 11) is 0. The van der Waals surface area contributed by atoms with Gasteiger partial charge in [-0.2, -0.15) is 11.8 Å². The molecule has 0 saturated carbocycles. The van der Waals surface area contributed by atoms with E-state index in [1.165, 1.54) is 18.6 Å². The Labute approximate surface area is 63.4 Å². The monoisotopic (exact) mass is 145 g/mol. The van der Waals surface area contributed by atoms with Crippen molar-refractivity contribution in [2.24, 2.45) is 0 Å². The maximum atomic E-state index is 2.29. The van der Waals surface area contributed by atoms with Crippen molar-refractivity contribution in [3.8, 4) is 0 Å². The molecule has 0 N–H and O–H groups in total. The lowest BCUT2D eigenvalue weighted by atomic mass is 10.4. The van der Waals surface area contributed by atoms with Gasteiger partial charge in [0, 0.05) is 5.25 Å². The standard InChI is InChI=1S/C8H17S/c1-4-6-7-9-8(3)5-2/h4,8H,5-7H2,1-3H3. The highest BCUT2D eigenvalue weighted by Gasteiger charge is 1.96. The van der Waals surface area contributed by atoms with E-state index in [1.54, 1.807) is 0 Å². The summed E-state index contributed by atoms with van der Waals surface area (Å²) in [6, 6.07) is 0. The van der Waals surface area contributed by atoms with E-state index in [2.05, 4.69) is 39.0 Å². The van der Waals surface area contributed by atoms with Crippen LogP contribution in [0.2, 0.25) is 0 Å². The van der Waals surface area contributed by atoms with Gasteiger partial charge in [0.25, 0.3) is 0 Å².